The molecule has 134 valence electrons. The molecule has 0 N–H and O–H groups in total. The summed E-state index contributed by atoms with van der Waals surface area (Å²) >= 11 is 18.9. The second kappa shape index (κ2) is 7.52. The average molecular weight is 432 g/mol. The van der Waals surface area contributed by atoms with Gasteiger partial charge in [0.15, 0.2) is 4.32 Å². The molecule has 1 aromatic heterocycles. The number of carbonyl (C=O) groups excluding carboxylic acids is 1. The molecule has 0 radical (unpaired) electrons. The van der Waals surface area contributed by atoms with E-state index >= 15 is 0 Å². The molecule has 0 spiro atoms. The first-order valence-corrected chi connectivity index (χ1v) is 9.90. The van der Waals surface area contributed by atoms with Crippen molar-refractivity contribution in [3.05, 3.63) is 81.4 Å². The van der Waals surface area contributed by atoms with Crippen molar-refractivity contribution in [1.29, 1.82) is 0 Å². The number of anilines is 1. The summed E-state index contributed by atoms with van der Waals surface area (Å²) in [6.07, 6.45) is 1.68. The van der Waals surface area contributed by atoms with Gasteiger partial charge in [0.05, 0.1) is 20.6 Å². The van der Waals surface area contributed by atoms with Gasteiger partial charge in [-0.1, -0.05) is 71.4 Å². The molecule has 0 bridgehead atoms. The van der Waals surface area contributed by atoms with E-state index in [0.717, 1.165) is 5.69 Å². The largest absolute Gasteiger partial charge is 0.457 e. The summed E-state index contributed by atoms with van der Waals surface area (Å²) in [5.74, 6) is 0.942. The molecule has 3 aromatic rings. The van der Waals surface area contributed by atoms with Gasteiger partial charge in [-0.15, -0.1) is 0 Å². The molecular formula is C20H11Cl2NO2S2. The van der Waals surface area contributed by atoms with Crippen molar-refractivity contribution in [3.63, 3.8) is 0 Å². The van der Waals surface area contributed by atoms with Gasteiger partial charge in [-0.05, 0) is 36.4 Å². The summed E-state index contributed by atoms with van der Waals surface area (Å²) in [4.78, 5) is 14.8. The maximum atomic E-state index is 12.8. The van der Waals surface area contributed by atoms with Crippen LogP contribution >= 0.6 is 47.2 Å². The third-order valence-electron chi connectivity index (χ3n) is 3.93. The molecule has 7 heteroatoms. The highest BCUT2D eigenvalue weighted by atomic mass is 35.5. The monoisotopic (exact) mass is 431 g/mol. The molecule has 0 saturated carbocycles. The smallest absolute Gasteiger partial charge is 0.270 e. The Bertz CT molecular complexity index is 1080. The van der Waals surface area contributed by atoms with Crippen LogP contribution < -0.4 is 4.90 Å². The Morgan fingerprint density at radius 3 is 2.56 bits per heavy atom. The van der Waals surface area contributed by atoms with Gasteiger partial charge in [-0.3, -0.25) is 9.69 Å². The van der Waals surface area contributed by atoms with E-state index in [9.17, 15) is 4.79 Å². The molecule has 1 amide bonds. The first-order valence-electron chi connectivity index (χ1n) is 7.92. The number of hydrogen-bond acceptors (Lipinski definition) is 4. The van der Waals surface area contributed by atoms with Crippen LogP contribution in [0.1, 0.15) is 5.76 Å². The predicted octanol–water partition coefficient (Wildman–Crippen LogP) is 6.66. The van der Waals surface area contributed by atoms with Crippen LogP contribution in [0.15, 0.2) is 70.0 Å². The van der Waals surface area contributed by atoms with E-state index in [2.05, 4.69) is 0 Å². The number of thiocarbonyl (C=S) groups is 1. The van der Waals surface area contributed by atoms with E-state index in [4.69, 9.17) is 39.8 Å². The highest BCUT2D eigenvalue weighted by molar-refractivity contribution is 8.27. The van der Waals surface area contributed by atoms with Gasteiger partial charge in [0, 0.05) is 11.6 Å². The van der Waals surface area contributed by atoms with Crippen molar-refractivity contribution in [3.8, 4) is 11.3 Å². The van der Waals surface area contributed by atoms with E-state index in [1.54, 1.807) is 30.3 Å². The summed E-state index contributed by atoms with van der Waals surface area (Å²) in [7, 11) is 0. The molecule has 2 aromatic carbocycles. The van der Waals surface area contributed by atoms with Gasteiger partial charge in [0.1, 0.15) is 11.5 Å². The first kappa shape index (κ1) is 18.3. The van der Waals surface area contributed by atoms with Gasteiger partial charge < -0.3 is 4.42 Å². The van der Waals surface area contributed by atoms with Crippen LogP contribution in [0.2, 0.25) is 10.0 Å². The molecule has 0 atom stereocenters. The molecule has 0 aliphatic carbocycles. The Morgan fingerprint density at radius 2 is 1.78 bits per heavy atom. The molecule has 1 aliphatic heterocycles. The molecule has 0 unspecified atom stereocenters. The maximum absolute atomic E-state index is 12.8. The molecule has 3 nitrogen and oxygen atoms in total. The summed E-state index contributed by atoms with van der Waals surface area (Å²) in [6, 6.07) is 18.2. The minimum atomic E-state index is -0.171. The Kier molecular flexibility index (Phi) is 5.10. The minimum Gasteiger partial charge on any atom is -0.457 e. The minimum absolute atomic E-state index is 0.171. The molecule has 27 heavy (non-hydrogen) atoms. The highest BCUT2D eigenvalue weighted by Crippen LogP contribution is 2.38. The average Bonchev–Trinajstić information content (AvgIpc) is 3.23. The Morgan fingerprint density at radius 1 is 1.00 bits per heavy atom. The number of benzene rings is 2. The van der Waals surface area contributed by atoms with E-state index in [0.29, 0.717) is 36.4 Å². The normalized spacial score (nSPS) is 15.8. The Balaban J connectivity index is 1.64. The lowest BCUT2D eigenvalue weighted by Crippen LogP contribution is -2.27. The van der Waals surface area contributed by atoms with Gasteiger partial charge in [0.25, 0.3) is 5.91 Å². The number of carbonyl (C=O) groups is 1. The lowest BCUT2D eigenvalue weighted by molar-refractivity contribution is -0.113. The fourth-order valence-corrected chi connectivity index (χ4v) is 4.34. The van der Waals surface area contributed by atoms with Crippen molar-refractivity contribution in [1.82, 2.24) is 0 Å². The van der Waals surface area contributed by atoms with Crippen molar-refractivity contribution < 1.29 is 9.21 Å². The molecule has 2 heterocycles. The third-order valence-corrected chi connectivity index (χ3v) is 6.05. The first-order chi connectivity index (χ1) is 13.0. The standard InChI is InChI=1S/C20H11Cl2NO2S2/c21-15-8-4-7-14(18(15)22)16-10-9-13(25-16)11-17-19(24)23(20(26)27-17)12-5-2-1-3-6-12/h1-11H/b17-11-. The summed E-state index contributed by atoms with van der Waals surface area (Å²) in [5.41, 5.74) is 1.44. The molecule has 1 aliphatic rings. The zero-order valence-corrected chi connectivity index (χ0v) is 16.8. The van der Waals surface area contributed by atoms with Crippen LogP contribution in [0.5, 0.6) is 0 Å². The van der Waals surface area contributed by atoms with E-state index in [1.807, 2.05) is 36.4 Å². The lowest BCUT2D eigenvalue weighted by atomic mass is 10.2. The van der Waals surface area contributed by atoms with Crippen molar-refractivity contribution in [2.24, 2.45) is 0 Å². The van der Waals surface area contributed by atoms with E-state index in [1.165, 1.54) is 16.7 Å². The van der Waals surface area contributed by atoms with Gasteiger partial charge in [0.2, 0.25) is 0 Å². The van der Waals surface area contributed by atoms with Crippen LogP contribution in [0.3, 0.4) is 0 Å². The molecular weight excluding hydrogens is 421 g/mol. The quantitative estimate of drug-likeness (QED) is 0.342. The number of hydrogen-bond donors (Lipinski definition) is 0. The number of amides is 1. The Labute approximate surface area is 175 Å². The summed E-state index contributed by atoms with van der Waals surface area (Å²) < 4.78 is 6.33. The zero-order valence-electron chi connectivity index (χ0n) is 13.7. The number of rotatable bonds is 3. The number of thioether (sulfide) groups is 1. The van der Waals surface area contributed by atoms with Crippen LogP contribution in [-0.2, 0) is 4.79 Å². The third kappa shape index (κ3) is 3.56. The van der Waals surface area contributed by atoms with Crippen LogP contribution in [0.25, 0.3) is 17.4 Å². The van der Waals surface area contributed by atoms with Crippen LogP contribution in [0.4, 0.5) is 5.69 Å². The Hall–Kier alpha value is -2.05. The van der Waals surface area contributed by atoms with Crippen LogP contribution in [-0.4, -0.2) is 10.2 Å². The molecule has 1 fully saturated rings. The highest BCUT2D eigenvalue weighted by Gasteiger charge is 2.33. The van der Waals surface area contributed by atoms with E-state index < -0.39 is 0 Å². The molecule has 1 saturated heterocycles. The SMILES string of the molecule is O=C1/C(=C/c2ccc(-c3cccc(Cl)c3Cl)o2)SC(=S)N1c1ccccc1. The zero-order chi connectivity index (χ0) is 19.0. The topological polar surface area (TPSA) is 33.5 Å². The van der Waals surface area contributed by atoms with Crippen molar-refractivity contribution in [2.75, 3.05) is 4.90 Å². The maximum Gasteiger partial charge on any atom is 0.270 e. The predicted molar refractivity (Wildman–Crippen MR) is 116 cm³/mol. The second-order valence-corrected chi connectivity index (χ2v) is 8.12. The fraction of sp³-hybridized carbons (Fsp3) is 0. The van der Waals surface area contributed by atoms with Gasteiger partial charge in [-0.25, -0.2) is 0 Å². The van der Waals surface area contributed by atoms with E-state index in [-0.39, 0.29) is 5.91 Å². The van der Waals surface area contributed by atoms with Gasteiger partial charge >= 0.3 is 0 Å². The lowest BCUT2D eigenvalue weighted by Gasteiger charge is -2.13. The van der Waals surface area contributed by atoms with Crippen LogP contribution in [0, 0.1) is 0 Å². The number of halogens is 2. The van der Waals surface area contributed by atoms with Gasteiger partial charge in [-0.2, -0.15) is 0 Å². The van der Waals surface area contributed by atoms with Crippen molar-refractivity contribution >= 4 is 69.2 Å². The number of para-hydroxylation sites is 1. The number of furan rings is 1. The fourth-order valence-electron chi connectivity index (χ4n) is 2.67. The summed E-state index contributed by atoms with van der Waals surface area (Å²) in [6.45, 7) is 0. The number of nitrogens with zero attached hydrogens (tertiary/aromatic N) is 1. The second-order valence-electron chi connectivity index (χ2n) is 5.66. The molecule has 4 rings (SSSR count). The van der Waals surface area contributed by atoms with Crippen molar-refractivity contribution in [2.45, 2.75) is 0 Å². The summed E-state index contributed by atoms with van der Waals surface area (Å²) in [5, 5.41) is 0.881.